The topological polar surface area (TPSA) is 86.2 Å². The standard InChI is InChI=1S/C11H18N2O3S/c12-5-1-2-10-8-13-11(16-10)9-3-6-17(14,15)7-4-9/h8-9H,1-7,12H2. The summed E-state index contributed by atoms with van der Waals surface area (Å²) in [6, 6.07) is 0. The minimum Gasteiger partial charge on any atom is -0.445 e. The number of hydrogen-bond acceptors (Lipinski definition) is 5. The Bertz CT molecular complexity index is 453. The molecular weight excluding hydrogens is 240 g/mol. The molecule has 5 nitrogen and oxygen atoms in total. The molecule has 1 aromatic heterocycles. The summed E-state index contributed by atoms with van der Waals surface area (Å²) in [6.45, 7) is 0.637. The SMILES string of the molecule is NCCCc1cnc(C2CCS(=O)(=O)CC2)o1. The monoisotopic (exact) mass is 258 g/mol. The lowest BCUT2D eigenvalue weighted by Gasteiger charge is -2.18. The molecule has 2 N–H and O–H groups in total. The van der Waals surface area contributed by atoms with Gasteiger partial charge in [0.05, 0.1) is 17.7 Å². The first-order chi connectivity index (χ1) is 8.11. The van der Waals surface area contributed by atoms with Crippen molar-refractivity contribution in [3.63, 3.8) is 0 Å². The Morgan fingerprint density at radius 1 is 1.41 bits per heavy atom. The van der Waals surface area contributed by atoms with Crippen LogP contribution < -0.4 is 5.73 Å². The van der Waals surface area contributed by atoms with Crippen LogP contribution in [0.1, 0.15) is 36.8 Å². The molecule has 1 aliphatic heterocycles. The number of sulfone groups is 1. The highest BCUT2D eigenvalue weighted by molar-refractivity contribution is 7.91. The number of aromatic nitrogens is 1. The molecule has 0 unspecified atom stereocenters. The van der Waals surface area contributed by atoms with Crippen LogP contribution in [-0.4, -0.2) is 31.5 Å². The second-order valence-electron chi connectivity index (χ2n) is 4.48. The Labute approximate surface area is 101 Å². The minimum absolute atomic E-state index is 0.158. The van der Waals surface area contributed by atoms with Gasteiger partial charge in [-0.3, -0.25) is 0 Å². The lowest BCUT2D eigenvalue weighted by Crippen LogP contribution is -2.22. The van der Waals surface area contributed by atoms with Crippen molar-refractivity contribution in [2.24, 2.45) is 5.73 Å². The predicted octanol–water partition coefficient (Wildman–Crippen LogP) is 0.858. The zero-order valence-corrected chi connectivity index (χ0v) is 10.6. The number of rotatable bonds is 4. The zero-order valence-electron chi connectivity index (χ0n) is 9.76. The van der Waals surface area contributed by atoms with Crippen molar-refractivity contribution in [2.45, 2.75) is 31.6 Å². The lowest BCUT2D eigenvalue weighted by molar-refractivity contribution is 0.398. The van der Waals surface area contributed by atoms with Crippen molar-refractivity contribution in [3.8, 4) is 0 Å². The third-order valence-electron chi connectivity index (χ3n) is 3.10. The highest BCUT2D eigenvalue weighted by Gasteiger charge is 2.27. The fourth-order valence-corrected chi connectivity index (χ4v) is 3.53. The van der Waals surface area contributed by atoms with E-state index in [2.05, 4.69) is 4.98 Å². The maximum atomic E-state index is 11.3. The van der Waals surface area contributed by atoms with Crippen LogP contribution in [0.2, 0.25) is 0 Å². The number of aryl methyl sites for hydroxylation is 1. The largest absolute Gasteiger partial charge is 0.445 e. The maximum Gasteiger partial charge on any atom is 0.197 e. The van der Waals surface area contributed by atoms with Crippen molar-refractivity contribution in [1.29, 1.82) is 0 Å². The van der Waals surface area contributed by atoms with Crippen LogP contribution in [-0.2, 0) is 16.3 Å². The van der Waals surface area contributed by atoms with Gasteiger partial charge < -0.3 is 10.2 Å². The molecule has 1 aliphatic rings. The van der Waals surface area contributed by atoms with E-state index >= 15 is 0 Å². The second kappa shape index (κ2) is 5.18. The third kappa shape index (κ3) is 3.29. The fraction of sp³-hybridized carbons (Fsp3) is 0.727. The molecule has 96 valence electrons. The summed E-state index contributed by atoms with van der Waals surface area (Å²) in [5.41, 5.74) is 5.43. The van der Waals surface area contributed by atoms with Gasteiger partial charge in [0, 0.05) is 12.3 Å². The third-order valence-corrected chi connectivity index (χ3v) is 4.82. The van der Waals surface area contributed by atoms with E-state index in [1.165, 1.54) is 0 Å². The summed E-state index contributed by atoms with van der Waals surface area (Å²) in [5.74, 6) is 2.19. The molecule has 1 aromatic rings. The molecule has 6 heteroatoms. The van der Waals surface area contributed by atoms with E-state index < -0.39 is 9.84 Å². The number of nitrogens with two attached hydrogens (primary N) is 1. The van der Waals surface area contributed by atoms with Crippen LogP contribution in [0, 0.1) is 0 Å². The van der Waals surface area contributed by atoms with E-state index in [1.54, 1.807) is 6.20 Å². The molecule has 0 aliphatic carbocycles. The van der Waals surface area contributed by atoms with Crippen molar-refractivity contribution in [2.75, 3.05) is 18.1 Å². The van der Waals surface area contributed by atoms with Gasteiger partial charge in [0.2, 0.25) is 0 Å². The lowest BCUT2D eigenvalue weighted by atomic mass is 10.0. The molecule has 0 bridgehead atoms. The Morgan fingerprint density at radius 3 is 2.76 bits per heavy atom. The van der Waals surface area contributed by atoms with Gasteiger partial charge >= 0.3 is 0 Å². The molecule has 0 amide bonds. The smallest absolute Gasteiger partial charge is 0.197 e. The molecule has 0 aromatic carbocycles. The van der Waals surface area contributed by atoms with Gasteiger partial charge in [-0.1, -0.05) is 0 Å². The van der Waals surface area contributed by atoms with Gasteiger partial charge in [0.25, 0.3) is 0 Å². The van der Waals surface area contributed by atoms with Gasteiger partial charge in [-0.15, -0.1) is 0 Å². The number of hydrogen-bond donors (Lipinski definition) is 1. The number of oxazole rings is 1. The van der Waals surface area contributed by atoms with E-state index in [-0.39, 0.29) is 17.4 Å². The Hall–Kier alpha value is -0.880. The molecule has 1 fully saturated rings. The fourth-order valence-electron chi connectivity index (χ4n) is 2.04. The van der Waals surface area contributed by atoms with Crippen LogP contribution >= 0.6 is 0 Å². The Kier molecular flexibility index (Phi) is 3.83. The van der Waals surface area contributed by atoms with Crippen LogP contribution in [0.15, 0.2) is 10.6 Å². The van der Waals surface area contributed by atoms with Gasteiger partial charge in [-0.25, -0.2) is 13.4 Å². The molecule has 2 rings (SSSR count). The van der Waals surface area contributed by atoms with Crippen LogP contribution in [0.4, 0.5) is 0 Å². The first-order valence-electron chi connectivity index (χ1n) is 5.96. The molecule has 2 heterocycles. The summed E-state index contributed by atoms with van der Waals surface area (Å²) in [6.07, 6.45) is 4.66. The summed E-state index contributed by atoms with van der Waals surface area (Å²) in [7, 11) is -2.82. The average molecular weight is 258 g/mol. The normalized spacial score (nSPS) is 20.5. The molecule has 17 heavy (non-hydrogen) atoms. The molecule has 0 radical (unpaired) electrons. The van der Waals surface area contributed by atoms with Crippen molar-refractivity contribution in [3.05, 3.63) is 17.8 Å². The van der Waals surface area contributed by atoms with E-state index in [9.17, 15) is 8.42 Å². The Morgan fingerprint density at radius 2 is 2.12 bits per heavy atom. The molecule has 0 spiro atoms. The van der Waals surface area contributed by atoms with Crippen LogP contribution in [0.5, 0.6) is 0 Å². The van der Waals surface area contributed by atoms with Gasteiger partial charge in [-0.05, 0) is 25.8 Å². The number of nitrogens with zero attached hydrogens (tertiary/aromatic N) is 1. The molecule has 0 atom stereocenters. The van der Waals surface area contributed by atoms with Crippen LogP contribution in [0.3, 0.4) is 0 Å². The van der Waals surface area contributed by atoms with Gasteiger partial charge in [-0.2, -0.15) is 0 Å². The van der Waals surface area contributed by atoms with E-state index in [0.29, 0.717) is 25.3 Å². The van der Waals surface area contributed by atoms with E-state index in [4.69, 9.17) is 10.2 Å². The highest BCUT2D eigenvalue weighted by Crippen LogP contribution is 2.28. The first kappa shape index (κ1) is 12.6. The zero-order chi connectivity index (χ0) is 12.3. The first-order valence-corrected chi connectivity index (χ1v) is 7.78. The quantitative estimate of drug-likeness (QED) is 0.865. The maximum absolute atomic E-state index is 11.3. The summed E-state index contributed by atoms with van der Waals surface area (Å²) >= 11 is 0. The van der Waals surface area contributed by atoms with Gasteiger partial charge in [0.15, 0.2) is 5.89 Å². The minimum atomic E-state index is -2.82. The Balaban J connectivity index is 1.96. The molecule has 0 saturated carbocycles. The van der Waals surface area contributed by atoms with Crippen molar-refractivity contribution >= 4 is 9.84 Å². The second-order valence-corrected chi connectivity index (χ2v) is 6.79. The summed E-state index contributed by atoms with van der Waals surface area (Å²) < 4.78 is 28.3. The van der Waals surface area contributed by atoms with Gasteiger partial charge in [0.1, 0.15) is 15.6 Å². The van der Waals surface area contributed by atoms with Crippen LogP contribution in [0.25, 0.3) is 0 Å². The molecule has 1 saturated heterocycles. The predicted molar refractivity (Wildman–Crippen MR) is 64.5 cm³/mol. The summed E-state index contributed by atoms with van der Waals surface area (Å²) in [5, 5.41) is 0. The average Bonchev–Trinajstić information content (AvgIpc) is 2.75. The highest BCUT2D eigenvalue weighted by atomic mass is 32.2. The van der Waals surface area contributed by atoms with Crippen molar-refractivity contribution < 1.29 is 12.8 Å². The van der Waals surface area contributed by atoms with E-state index in [1.807, 2.05) is 0 Å². The summed E-state index contributed by atoms with van der Waals surface area (Å²) in [4.78, 5) is 4.24. The van der Waals surface area contributed by atoms with Crippen molar-refractivity contribution in [1.82, 2.24) is 4.98 Å². The molecular formula is C11H18N2O3S. The van der Waals surface area contributed by atoms with E-state index in [0.717, 1.165) is 18.6 Å².